The number of hydrogen-bond acceptors (Lipinski definition) is 21. The van der Waals surface area contributed by atoms with E-state index in [1.54, 1.807) is 0 Å². The van der Waals surface area contributed by atoms with Crippen LogP contribution in [0.25, 0.3) is 0 Å². The molecular formula is C24H42O21. The van der Waals surface area contributed by atoms with Crippen LogP contribution in [-0.4, -0.2) is 221 Å². The molecule has 0 aromatic heterocycles. The molecule has 0 aliphatic carbocycles. The van der Waals surface area contributed by atoms with E-state index in [-0.39, 0.29) is 0 Å². The van der Waals surface area contributed by atoms with Gasteiger partial charge < -0.3 is 105 Å². The van der Waals surface area contributed by atoms with Gasteiger partial charge in [0.05, 0.1) is 26.4 Å². The molecule has 0 saturated carbocycles. The largest absolute Gasteiger partial charge is 0.394 e. The maximum absolute atomic E-state index is 11.1. The third kappa shape index (κ3) is 7.59. The Morgan fingerprint density at radius 3 is 1.31 bits per heavy atom. The summed E-state index contributed by atoms with van der Waals surface area (Å²) >= 11 is 0. The van der Waals surface area contributed by atoms with Crippen molar-refractivity contribution in [3.8, 4) is 0 Å². The van der Waals surface area contributed by atoms with Crippen LogP contribution in [0.4, 0.5) is 0 Å². The van der Waals surface area contributed by atoms with E-state index in [9.17, 15) is 71.5 Å². The van der Waals surface area contributed by atoms with Crippen molar-refractivity contribution < 1.29 is 105 Å². The maximum Gasteiger partial charge on any atom is 0.187 e. The molecule has 0 aromatic rings. The Labute approximate surface area is 254 Å². The predicted octanol–water partition coefficient (Wildman–Crippen LogP) is -9.75. The van der Waals surface area contributed by atoms with Crippen molar-refractivity contribution in [2.75, 3.05) is 26.4 Å². The fourth-order valence-electron chi connectivity index (χ4n) is 5.43. The molecular weight excluding hydrogens is 624 g/mol. The fraction of sp³-hybridized carbons (Fsp3) is 1.00. The topological polar surface area (TPSA) is 348 Å². The Morgan fingerprint density at radius 2 is 0.778 bits per heavy atom. The second kappa shape index (κ2) is 15.6. The second-order valence-corrected chi connectivity index (χ2v) is 11.2. The summed E-state index contributed by atoms with van der Waals surface area (Å²) in [5.74, 6) is 0. The average Bonchev–Trinajstić information content (AvgIpc) is 3.02. The van der Waals surface area contributed by atoms with Gasteiger partial charge in [-0.2, -0.15) is 0 Å². The van der Waals surface area contributed by atoms with Crippen LogP contribution in [0.3, 0.4) is 0 Å². The SMILES string of the molecule is OC[C@@H]1O[C@@H](OC[C@@H]2O[C@@H](O[C@@H]3[C@H](O)[C@@H](CO)OC(O)[C@@H]3O)[C@@H](O)[C@H](O[C@@H]3O[C@@H](CO)[C@H](O)[C@@H](O)[C@@H]3O)[C@H]2O)[C@@H](O)[C@H](O)[C@H]1O. The molecule has 4 fully saturated rings. The molecule has 4 aliphatic heterocycles. The van der Waals surface area contributed by atoms with E-state index in [0.717, 1.165) is 0 Å². The highest BCUT2D eigenvalue weighted by Gasteiger charge is 2.54. The van der Waals surface area contributed by atoms with Gasteiger partial charge in [0.25, 0.3) is 0 Å². The minimum Gasteiger partial charge on any atom is -0.394 e. The highest BCUT2D eigenvalue weighted by atomic mass is 16.8. The van der Waals surface area contributed by atoms with Crippen LogP contribution in [0, 0.1) is 0 Å². The smallest absolute Gasteiger partial charge is 0.187 e. The molecule has 4 heterocycles. The molecule has 0 amide bonds. The van der Waals surface area contributed by atoms with Crippen molar-refractivity contribution in [2.45, 2.75) is 123 Å². The number of hydrogen-bond donors (Lipinski definition) is 14. The predicted molar refractivity (Wildman–Crippen MR) is 134 cm³/mol. The maximum atomic E-state index is 11.1. The molecule has 21 nitrogen and oxygen atoms in total. The van der Waals surface area contributed by atoms with Crippen LogP contribution in [0.5, 0.6) is 0 Å². The highest BCUT2D eigenvalue weighted by molar-refractivity contribution is 4.97. The molecule has 264 valence electrons. The zero-order valence-corrected chi connectivity index (χ0v) is 23.5. The first-order chi connectivity index (χ1) is 21.2. The van der Waals surface area contributed by atoms with E-state index >= 15 is 0 Å². The van der Waals surface area contributed by atoms with Crippen molar-refractivity contribution in [3.63, 3.8) is 0 Å². The minimum absolute atomic E-state index is 0.758. The molecule has 4 saturated heterocycles. The van der Waals surface area contributed by atoms with Gasteiger partial charge in [0.1, 0.15) is 97.7 Å². The molecule has 0 aromatic carbocycles. The van der Waals surface area contributed by atoms with Crippen molar-refractivity contribution in [1.29, 1.82) is 0 Å². The zero-order valence-electron chi connectivity index (χ0n) is 23.5. The first-order valence-corrected chi connectivity index (χ1v) is 14.1. The lowest BCUT2D eigenvalue weighted by Gasteiger charge is -2.48. The van der Waals surface area contributed by atoms with Gasteiger partial charge in [-0.3, -0.25) is 0 Å². The van der Waals surface area contributed by atoms with Gasteiger partial charge in [-0.15, -0.1) is 0 Å². The van der Waals surface area contributed by atoms with Crippen molar-refractivity contribution in [2.24, 2.45) is 0 Å². The zero-order chi connectivity index (χ0) is 33.3. The molecule has 0 radical (unpaired) electrons. The molecule has 21 heteroatoms. The van der Waals surface area contributed by atoms with Gasteiger partial charge in [-0.25, -0.2) is 0 Å². The average molecular weight is 667 g/mol. The summed E-state index contributed by atoms with van der Waals surface area (Å²) in [7, 11) is 0. The number of aliphatic hydroxyl groups excluding tert-OH is 14. The van der Waals surface area contributed by atoms with Crippen molar-refractivity contribution >= 4 is 0 Å². The lowest BCUT2D eigenvalue weighted by molar-refractivity contribution is -0.383. The van der Waals surface area contributed by atoms with Crippen LogP contribution in [0.2, 0.25) is 0 Å². The lowest BCUT2D eigenvalue weighted by Crippen LogP contribution is -2.67. The third-order valence-electron chi connectivity index (χ3n) is 8.19. The summed E-state index contributed by atoms with van der Waals surface area (Å²) < 4.78 is 37.6. The number of ether oxygens (including phenoxy) is 7. The Morgan fingerprint density at radius 1 is 0.378 bits per heavy atom. The van der Waals surface area contributed by atoms with E-state index in [4.69, 9.17) is 33.2 Å². The first kappa shape index (κ1) is 37.0. The molecule has 14 N–H and O–H groups in total. The molecule has 0 bridgehead atoms. The Balaban J connectivity index is 1.56. The molecule has 4 rings (SSSR count). The van der Waals surface area contributed by atoms with E-state index in [0.29, 0.717) is 0 Å². The quantitative estimate of drug-likeness (QED) is 0.103. The van der Waals surface area contributed by atoms with Crippen LogP contribution < -0.4 is 0 Å². The van der Waals surface area contributed by atoms with Gasteiger partial charge in [0, 0.05) is 0 Å². The van der Waals surface area contributed by atoms with E-state index in [1.165, 1.54) is 0 Å². The van der Waals surface area contributed by atoms with Crippen molar-refractivity contribution in [1.82, 2.24) is 0 Å². The summed E-state index contributed by atoms with van der Waals surface area (Å²) in [6.45, 7) is -3.19. The van der Waals surface area contributed by atoms with Gasteiger partial charge in [0.15, 0.2) is 25.2 Å². The van der Waals surface area contributed by atoms with Gasteiger partial charge in [0.2, 0.25) is 0 Å². The highest BCUT2D eigenvalue weighted by Crippen LogP contribution is 2.33. The molecule has 45 heavy (non-hydrogen) atoms. The number of rotatable bonds is 10. The minimum atomic E-state index is -2.07. The fourth-order valence-corrected chi connectivity index (χ4v) is 5.43. The van der Waals surface area contributed by atoms with Crippen LogP contribution >= 0.6 is 0 Å². The van der Waals surface area contributed by atoms with Crippen LogP contribution in [0.15, 0.2) is 0 Å². The van der Waals surface area contributed by atoms with Gasteiger partial charge >= 0.3 is 0 Å². The summed E-state index contributed by atoms with van der Waals surface area (Å²) in [5.41, 5.74) is 0. The Kier molecular flexibility index (Phi) is 12.8. The van der Waals surface area contributed by atoms with Crippen molar-refractivity contribution in [3.05, 3.63) is 0 Å². The first-order valence-electron chi connectivity index (χ1n) is 14.1. The molecule has 4 aliphatic rings. The van der Waals surface area contributed by atoms with Crippen LogP contribution in [-0.2, 0) is 33.2 Å². The van der Waals surface area contributed by atoms with E-state index in [2.05, 4.69) is 0 Å². The Hall–Kier alpha value is -0.840. The molecule has 0 spiro atoms. The summed E-state index contributed by atoms with van der Waals surface area (Å²) in [4.78, 5) is 0. The molecule has 20 atom stereocenters. The van der Waals surface area contributed by atoms with E-state index < -0.39 is 149 Å². The molecule has 1 unspecified atom stereocenters. The standard InChI is InChI=1S/C24H42O21/c25-1-5-9(28)13(32)15(34)22(41-5)39-4-8-12(31)20(45-23-16(35)14(33)10(29)6(2-26)42-23)18(37)24(43-8)44-19-11(30)7(3-27)40-21(38)17(19)36/h5-38H,1-4H2/t5-,6-,7+,8-,9-,10-,11+,12-,13+,14+,15-,16-,17+,18-,19+,20+,21?,22+,23-,24-/m0/s1. The third-order valence-corrected chi connectivity index (χ3v) is 8.19. The van der Waals surface area contributed by atoms with Crippen LogP contribution in [0.1, 0.15) is 0 Å². The Bertz CT molecular complexity index is 914. The van der Waals surface area contributed by atoms with Gasteiger partial charge in [-0.1, -0.05) is 0 Å². The monoisotopic (exact) mass is 666 g/mol. The summed E-state index contributed by atoms with van der Waals surface area (Å²) in [6.07, 6.45) is -35.9. The summed E-state index contributed by atoms with van der Waals surface area (Å²) in [6, 6.07) is 0. The number of aliphatic hydroxyl groups is 14. The van der Waals surface area contributed by atoms with E-state index in [1.807, 2.05) is 0 Å². The van der Waals surface area contributed by atoms with Gasteiger partial charge in [-0.05, 0) is 0 Å². The normalized spacial score (nSPS) is 52.9. The lowest BCUT2D eigenvalue weighted by atomic mass is 9.96. The second-order valence-electron chi connectivity index (χ2n) is 11.2. The summed E-state index contributed by atoms with van der Waals surface area (Å²) in [5, 5.41) is 143.